The van der Waals surface area contributed by atoms with Crippen LogP contribution in [0.4, 0.5) is 4.79 Å². The predicted molar refractivity (Wildman–Crippen MR) is 53.3 cm³/mol. The van der Waals surface area contributed by atoms with Crippen molar-refractivity contribution in [3.63, 3.8) is 0 Å². The zero-order valence-electron chi connectivity index (χ0n) is 8.55. The highest BCUT2D eigenvalue weighted by molar-refractivity contribution is 5.74. The molecule has 12 heavy (non-hydrogen) atoms. The molecule has 74 valence electrons. The average Bonchev–Trinajstić information content (AvgIpc) is 2.54. The minimum Gasteiger partial charge on any atom is -0.341 e. The van der Waals surface area contributed by atoms with E-state index >= 15 is 0 Å². The van der Waals surface area contributed by atoms with Crippen molar-refractivity contribution in [2.24, 2.45) is 5.92 Å². The molecular formula is C9H22N2O. The lowest BCUT2D eigenvalue weighted by Gasteiger charge is -2.14. The number of nitrogens with one attached hydrogen (secondary N) is 1. The van der Waals surface area contributed by atoms with Gasteiger partial charge in [-0.15, -0.1) is 0 Å². The number of hydrogen-bond donors (Lipinski definition) is 1. The van der Waals surface area contributed by atoms with Crippen molar-refractivity contribution in [1.82, 2.24) is 10.2 Å². The molecule has 1 N–H and O–H groups in total. The van der Waals surface area contributed by atoms with Crippen LogP contribution in [0.2, 0.25) is 0 Å². The summed E-state index contributed by atoms with van der Waals surface area (Å²) in [4.78, 5) is 12.8. The molecule has 2 amide bonds. The van der Waals surface area contributed by atoms with E-state index < -0.39 is 0 Å². The molecule has 0 aromatic heterocycles. The lowest BCUT2D eigenvalue weighted by atomic mass is 10.2. The highest BCUT2D eigenvalue weighted by atomic mass is 16.2. The summed E-state index contributed by atoms with van der Waals surface area (Å²) in [6.45, 7) is 8.00. The van der Waals surface area contributed by atoms with Gasteiger partial charge >= 0.3 is 6.03 Å². The van der Waals surface area contributed by atoms with Gasteiger partial charge in [-0.05, 0) is 12.3 Å². The Bertz CT molecular complexity index is 142. The molecule has 3 heteroatoms. The standard InChI is InChI=1S/C7H14N2O.C2H6.H2/c1-6-3-4-9(5-6)7(10)8-2;1-2;/h6H,3-5H2,1-2H3,(H,8,10);1-2H3;1H. The topological polar surface area (TPSA) is 32.3 Å². The second-order valence-electron chi connectivity index (χ2n) is 2.90. The maximum absolute atomic E-state index is 11.0. The number of likely N-dealkylation sites (tertiary alicyclic amines) is 1. The van der Waals surface area contributed by atoms with Crippen molar-refractivity contribution < 1.29 is 6.22 Å². The number of amides is 2. The van der Waals surface area contributed by atoms with Crippen LogP contribution < -0.4 is 5.32 Å². The molecule has 0 aromatic carbocycles. The van der Waals surface area contributed by atoms with E-state index in [1.54, 1.807) is 7.05 Å². The molecule has 1 unspecified atom stereocenters. The SMILES string of the molecule is CC.CNC(=O)N1CCC(C)C1.[HH]. The molecule has 1 aliphatic rings. The molecular weight excluding hydrogens is 152 g/mol. The van der Waals surface area contributed by atoms with Crippen LogP contribution in [-0.4, -0.2) is 31.1 Å². The Balaban J connectivity index is 0. The molecule has 0 spiro atoms. The lowest BCUT2D eigenvalue weighted by Crippen LogP contribution is -2.36. The fraction of sp³-hybridized carbons (Fsp3) is 0.889. The number of urea groups is 1. The Morgan fingerprint density at radius 2 is 2.17 bits per heavy atom. The normalized spacial score (nSPS) is 21.3. The van der Waals surface area contributed by atoms with Crippen molar-refractivity contribution in [2.75, 3.05) is 20.1 Å². The van der Waals surface area contributed by atoms with Crippen molar-refractivity contribution in [2.45, 2.75) is 27.2 Å². The molecule has 1 saturated heterocycles. The van der Waals surface area contributed by atoms with E-state index in [4.69, 9.17) is 0 Å². The Hall–Kier alpha value is -0.730. The third kappa shape index (κ3) is 3.11. The van der Waals surface area contributed by atoms with Gasteiger partial charge < -0.3 is 10.2 Å². The molecule has 0 saturated carbocycles. The third-order valence-corrected chi connectivity index (χ3v) is 1.92. The van der Waals surface area contributed by atoms with E-state index in [-0.39, 0.29) is 7.46 Å². The van der Waals surface area contributed by atoms with Crippen LogP contribution in [0.5, 0.6) is 0 Å². The fourth-order valence-electron chi connectivity index (χ4n) is 1.28. The molecule has 1 aliphatic heterocycles. The second kappa shape index (κ2) is 5.86. The highest BCUT2D eigenvalue weighted by Crippen LogP contribution is 2.14. The summed E-state index contributed by atoms with van der Waals surface area (Å²) in [6.07, 6.45) is 1.15. The van der Waals surface area contributed by atoms with Crippen LogP contribution in [-0.2, 0) is 0 Å². The second-order valence-corrected chi connectivity index (χ2v) is 2.90. The summed E-state index contributed by atoms with van der Waals surface area (Å²) in [6, 6.07) is 0.0596. The van der Waals surface area contributed by atoms with Gasteiger partial charge in [-0.1, -0.05) is 20.8 Å². The van der Waals surface area contributed by atoms with E-state index in [9.17, 15) is 4.79 Å². The van der Waals surface area contributed by atoms with Gasteiger partial charge in [0, 0.05) is 21.6 Å². The minimum atomic E-state index is 0. The van der Waals surface area contributed by atoms with Crippen molar-refractivity contribution >= 4 is 6.03 Å². The predicted octanol–water partition coefficient (Wildman–Crippen LogP) is 1.94. The molecule has 0 aliphatic carbocycles. The van der Waals surface area contributed by atoms with E-state index in [1.165, 1.54) is 0 Å². The summed E-state index contributed by atoms with van der Waals surface area (Å²) in [7, 11) is 1.67. The maximum atomic E-state index is 11.0. The van der Waals surface area contributed by atoms with E-state index in [0.29, 0.717) is 5.92 Å². The van der Waals surface area contributed by atoms with E-state index in [0.717, 1.165) is 19.5 Å². The number of hydrogen-bond acceptors (Lipinski definition) is 1. The molecule has 1 atom stereocenters. The van der Waals surface area contributed by atoms with Gasteiger partial charge in [0.1, 0.15) is 0 Å². The van der Waals surface area contributed by atoms with E-state index in [2.05, 4.69) is 12.2 Å². The van der Waals surface area contributed by atoms with Gasteiger partial charge in [-0.2, -0.15) is 0 Å². The quantitative estimate of drug-likeness (QED) is 0.598. The molecule has 1 fully saturated rings. The van der Waals surface area contributed by atoms with Crippen LogP contribution in [0.15, 0.2) is 0 Å². The van der Waals surface area contributed by atoms with Crippen LogP contribution in [0, 0.1) is 5.92 Å². The van der Waals surface area contributed by atoms with Crippen molar-refractivity contribution in [1.29, 1.82) is 0 Å². The Labute approximate surface area is 76.6 Å². The molecule has 1 heterocycles. The van der Waals surface area contributed by atoms with Crippen molar-refractivity contribution in [3.05, 3.63) is 0 Å². The zero-order valence-corrected chi connectivity index (χ0v) is 8.55. The summed E-state index contributed by atoms with van der Waals surface area (Å²) in [5.74, 6) is 0.678. The van der Waals surface area contributed by atoms with Crippen LogP contribution >= 0.6 is 0 Å². The smallest absolute Gasteiger partial charge is 0.317 e. The maximum Gasteiger partial charge on any atom is 0.317 e. The monoisotopic (exact) mass is 174 g/mol. The number of rotatable bonds is 0. The summed E-state index contributed by atoms with van der Waals surface area (Å²) >= 11 is 0. The number of carbonyl (C=O) groups excluding carboxylic acids is 1. The third-order valence-electron chi connectivity index (χ3n) is 1.92. The average molecular weight is 174 g/mol. The van der Waals surface area contributed by atoms with Gasteiger partial charge in [0.2, 0.25) is 0 Å². The minimum absolute atomic E-state index is 0. The van der Waals surface area contributed by atoms with Crippen LogP contribution in [0.3, 0.4) is 0 Å². The first kappa shape index (κ1) is 11.3. The molecule has 3 nitrogen and oxygen atoms in total. The Kier molecular flexibility index (Phi) is 5.51. The summed E-state index contributed by atoms with van der Waals surface area (Å²) in [5.41, 5.74) is 0. The van der Waals surface area contributed by atoms with Crippen molar-refractivity contribution in [3.8, 4) is 0 Å². The molecule has 1 rings (SSSR count). The summed E-state index contributed by atoms with van der Waals surface area (Å²) < 4.78 is 0. The lowest BCUT2D eigenvalue weighted by molar-refractivity contribution is 0.210. The van der Waals surface area contributed by atoms with Gasteiger partial charge in [0.05, 0.1) is 0 Å². The number of nitrogens with zero attached hydrogens (tertiary/aromatic N) is 1. The zero-order chi connectivity index (χ0) is 9.56. The van der Waals surface area contributed by atoms with E-state index in [1.807, 2.05) is 18.7 Å². The van der Waals surface area contributed by atoms with Gasteiger partial charge in [-0.25, -0.2) is 4.79 Å². The summed E-state index contributed by atoms with van der Waals surface area (Å²) in [5, 5.41) is 2.61. The fourth-order valence-corrected chi connectivity index (χ4v) is 1.28. The van der Waals surface area contributed by atoms with Gasteiger partial charge in [0.25, 0.3) is 0 Å². The van der Waals surface area contributed by atoms with Gasteiger partial charge in [0.15, 0.2) is 0 Å². The molecule has 0 bridgehead atoms. The largest absolute Gasteiger partial charge is 0.341 e. The molecule has 0 radical (unpaired) electrons. The highest BCUT2D eigenvalue weighted by Gasteiger charge is 2.21. The van der Waals surface area contributed by atoms with Crippen LogP contribution in [0.1, 0.15) is 28.6 Å². The molecule has 0 aromatic rings. The Morgan fingerprint density at radius 1 is 1.58 bits per heavy atom. The Morgan fingerprint density at radius 3 is 2.50 bits per heavy atom. The number of carbonyl (C=O) groups is 1. The van der Waals surface area contributed by atoms with Crippen LogP contribution in [0.25, 0.3) is 0 Å². The first-order valence-corrected chi connectivity index (χ1v) is 4.70. The van der Waals surface area contributed by atoms with Gasteiger partial charge in [-0.3, -0.25) is 0 Å². The first-order valence-electron chi connectivity index (χ1n) is 4.70. The first-order chi connectivity index (χ1) is 5.74.